The number of halogens is 1. The predicted molar refractivity (Wildman–Crippen MR) is 114 cm³/mol. The summed E-state index contributed by atoms with van der Waals surface area (Å²) < 4.78 is 21.6. The molecule has 0 spiro atoms. The van der Waals surface area contributed by atoms with Crippen LogP contribution in [-0.4, -0.2) is 45.4 Å². The van der Waals surface area contributed by atoms with Gasteiger partial charge in [0.1, 0.15) is 11.7 Å². The zero-order valence-corrected chi connectivity index (χ0v) is 18.5. The van der Waals surface area contributed by atoms with Gasteiger partial charge in [-0.15, -0.1) is 0 Å². The number of likely N-dealkylation sites (tertiary alicyclic amines) is 1. The Hall–Kier alpha value is -2.98. The molecule has 0 saturated carbocycles. The summed E-state index contributed by atoms with van der Waals surface area (Å²) in [5, 5.41) is 21.1. The Kier molecular flexibility index (Phi) is 5.81. The Balaban J connectivity index is 2.01. The molecule has 6 nitrogen and oxygen atoms in total. The van der Waals surface area contributed by atoms with E-state index in [-0.39, 0.29) is 30.1 Å². The minimum atomic E-state index is -2.18. The first-order chi connectivity index (χ1) is 14.4. The third kappa shape index (κ3) is 4.26. The van der Waals surface area contributed by atoms with Gasteiger partial charge in [0.25, 0.3) is 0 Å². The number of carbonyl (C=O) groups is 1. The summed E-state index contributed by atoms with van der Waals surface area (Å²) in [5.41, 5.74) is -3.23. The van der Waals surface area contributed by atoms with Crippen LogP contribution in [0.4, 0.5) is 9.18 Å². The highest BCUT2D eigenvalue weighted by atomic mass is 19.1. The summed E-state index contributed by atoms with van der Waals surface area (Å²) in [6.07, 6.45) is 2.07. The number of hydrogen-bond donors (Lipinski definition) is 1. The van der Waals surface area contributed by atoms with Crippen LogP contribution in [0, 0.1) is 11.3 Å². The minimum Gasteiger partial charge on any atom is -0.444 e. The Labute approximate surface area is 182 Å². The maximum absolute atomic E-state index is 16.3. The van der Waals surface area contributed by atoms with Crippen LogP contribution in [0.3, 0.4) is 0 Å². The minimum absolute atomic E-state index is 0.162. The van der Waals surface area contributed by atoms with Crippen molar-refractivity contribution in [1.82, 2.24) is 9.88 Å². The number of hydrogen-bond acceptors (Lipinski definition) is 5. The third-order valence-electron chi connectivity index (χ3n) is 5.46. The van der Waals surface area contributed by atoms with E-state index in [4.69, 9.17) is 4.74 Å². The molecule has 1 aliphatic heterocycles. The summed E-state index contributed by atoms with van der Waals surface area (Å²) in [4.78, 5) is 17.6. The highest BCUT2D eigenvalue weighted by Crippen LogP contribution is 2.47. The molecule has 2 heterocycles. The Bertz CT molecular complexity index is 1000. The Morgan fingerprint density at radius 1 is 1.23 bits per heavy atom. The lowest BCUT2D eigenvalue weighted by Crippen LogP contribution is -2.70. The highest BCUT2D eigenvalue weighted by molar-refractivity contribution is 5.70. The van der Waals surface area contributed by atoms with Gasteiger partial charge in [-0.2, -0.15) is 5.26 Å². The van der Waals surface area contributed by atoms with Crippen LogP contribution in [0.25, 0.3) is 0 Å². The maximum Gasteiger partial charge on any atom is 0.410 e. The molecular formula is C24H28FN3O3. The first kappa shape index (κ1) is 22.7. The molecule has 0 aliphatic carbocycles. The van der Waals surface area contributed by atoms with E-state index in [0.29, 0.717) is 5.56 Å². The van der Waals surface area contributed by atoms with Gasteiger partial charge < -0.3 is 14.7 Å². The Morgan fingerprint density at radius 2 is 1.84 bits per heavy atom. The fourth-order valence-corrected chi connectivity index (χ4v) is 3.74. The van der Waals surface area contributed by atoms with Gasteiger partial charge in [-0.1, -0.05) is 38.1 Å². The summed E-state index contributed by atoms with van der Waals surface area (Å²) in [6, 6.07) is 10.5. The number of nitrogens with zero attached hydrogens (tertiary/aromatic N) is 3. The van der Waals surface area contributed by atoms with Gasteiger partial charge in [0.05, 0.1) is 18.7 Å². The van der Waals surface area contributed by atoms with Crippen LogP contribution < -0.4 is 0 Å². The third-order valence-corrected chi connectivity index (χ3v) is 5.46. The second kappa shape index (κ2) is 7.93. The van der Waals surface area contributed by atoms with Crippen molar-refractivity contribution >= 4 is 6.09 Å². The number of aliphatic hydroxyl groups is 1. The monoisotopic (exact) mass is 425 g/mol. The fourth-order valence-electron chi connectivity index (χ4n) is 3.74. The molecule has 164 valence electrons. The molecule has 1 atom stereocenters. The van der Waals surface area contributed by atoms with E-state index in [1.54, 1.807) is 32.9 Å². The average molecular weight is 426 g/mol. The molecule has 1 saturated heterocycles. The van der Waals surface area contributed by atoms with E-state index >= 15 is 4.39 Å². The van der Waals surface area contributed by atoms with E-state index in [0.717, 1.165) is 5.56 Å². The van der Waals surface area contributed by atoms with Crippen molar-refractivity contribution in [2.45, 2.75) is 57.4 Å². The van der Waals surface area contributed by atoms with Crippen molar-refractivity contribution in [3.05, 3.63) is 65.0 Å². The van der Waals surface area contributed by atoms with Gasteiger partial charge in [-0.25, -0.2) is 9.18 Å². The number of pyridine rings is 1. The molecule has 1 aromatic heterocycles. The zero-order valence-electron chi connectivity index (χ0n) is 18.5. The van der Waals surface area contributed by atoms with E-state index in [1.165, 1.54) is 23.4 Å². The van der Waals surface area contributed by atoms with Crippen LogP contribution in [-0.2, 0) is 10.3 Å². The standard InChI is InChI=1S/C24H28FN3O3/c1-16(2)18-6-8-19(9-7-18)24(30,20-10-17(11-26)12-27-13-20)23(25)14-28(15-23)21(29)31-22(3,4)5/h6-10,12-13,16,30H,14-15H2,1-5H3. The van der Waals surface area contributed by atoms with E-state index in [2.05, 4.69) is 4.98 Å². The number of ether oxygens (including phenoxy) is 1. The first-order valence-corrected chi connectivity index (χ1v) is 10.2. The summed E-state index contributed by atoms with van der Waals surface area (Å²) in [5.74, 6) is 0.274. The molecular weight excluding hydrogens is 397 g/mol. The molecule has 0 bridgehead atoms. The number of rotatable bonds is 4. The van der Waals surface area contributed by atoms with E-state index in [9.17, 15) is 15.2 Å². The average Bonchev–Trinajstić information content (AvgIpc) is 2.69. The molecule has 1 amide bonds. The number of alkyl halides is 1. The van der Waals surface area contributed by atoms with Gasteiger partial charge in [0.2, 0.25) is 0 Å². The number of benzene rings is 1. The van der Waals surface area contributed by atoms with Crippen LogP contribution in [0.2, 0.25) is 0 Å². The molecule has 2 aromatic rings. The fraction of sp³-hybridized carbons (Fsp3) is 0.458. The normalized spacial score (nSPS) is 17.5. The summed E-state index contributed by atoms with van der Waals surface area (Å²) in [6.45, 7) is 8.60. The van der Waals surface area contributed by atoms with Gasteiger partial charge >= 0.3 is 6.09 Å². The lowest BCUT2D eigenvalue weighted by Gasteiger charge is -2.52. The molecule has 3 rings (SSSR count). The molecule has 0 radical (unpaired) electrons. The number of nitriles is 1. The smallest absolute Gasteiger partial charge is 0.410 e. The SMILES string of the molecule is CC(C)c1ccc(C(O)(c2cncc(C#N)c2)C2(F)CN(C(=O)OC(C)(C)C)C2)cc1. The first-order valence-electron chi connectivity index (χ1n) is 10.2. The second-order valence-corrected chi connectivity index (χ2v) is 9.36. The summed E-state index contributed by atoms with van der Waals surface area (Å²) in [7, 11) is 0. The van der Waals surface area contributed by atoms with Crippen molar-refractivity contribution in [3.63, 3.8) is 0 Å². The number of aromatic nitrogens is 1. The molecule has 1 N–H and O–H groups in total. The van der Waals surface area contributed by atoms with E-state index in [1.807, 2.05) is 32.0 Å². The van der Waals surface area contributed by atoms with Crippen molar-refractivity contribution in [2.75, 3.05) is 13.1 Å². The lowest BCUT2D eigenvalue weighted by molar-refractivity contribution is -0.155. The van der Waals surface area contributed by atoms with Crippen LogP contribution in [0.1, 0.15) is 62.8 Å². The van der Waals surface area contributed by atoms with Gasteiger partial charge in [0, 0.05) is 18.0 Å². The molecule has 1 fully saturated rings. The van der Waals surface area contributed by atoms with E-state index < -0.39 is 23.0 Å². The van der Waals surface area contributed by atoms with Gasteiger partial charge in [-0.05, 0) is 43.9 Å². The maximum atomic E-state index is 16.3. The molecule has 1 unspecified atom stereocenters. The second-order valence-electron chi connectivity index (χ2n) is 9.36. The van der Waals surface area contributed by atoms with Crippen molar-refractivity contribution in [2.24, 2.45) is 0 Å². The molecule has 7 heteroatoms. The largest absolute Gasteiger partial charge is 0.444 e. The van der Waals surface area contributed by atoms with Gasteiger partial charge in [-0.3, -0.25) is 4.98 Å². The van der Waals surface area contributed by atoms with Crippen LogP contribution in [0.15, 0.2) is 42.7 Å². The molecule has 1 aliphatic rings. The zero-order chi connectivity index (χ0) is 23.0. The molecule has 1 aromatic carbocycles. The topological polar surface area (TPSA) is 86.5 Å². The summed E-state index contributed by atoms with van der Waals surface area (Å²) >= 11 is 0. The van der Waals surface area contributed by atoms with Crippen LogP contribution >= 0.6 is 0 Å². The lowest BCUT2D eigenvalue weighted by atomic mass is 9.70. The number of amides is 1. The van der Waals surface area contributed by atoms with Crippen molar-refractivity contribution in [1.29, 1.82) is 5.26 Å². The highest BCUT2D eigenvalue weighted by Gasteiger charge is 2.62. The van der Waals surface area contributed by atoms with Crippen molar-refractivity contribution in [3.8, 4) is 6.07 Å². The van der Waals surface area contributed by atoms with Crippen LogP contribution in [0.5, 0.6) is 0 Å². The van der Waals surface area contributed by atoms with Gasteiger partial charge in [0.15, 0.2) is 11.3 Å². The number of carbonyl (C=O) groups excluding carboxylic acids is 1. The predicted octanol–water partition coefficient (Wildman–Crippen LogP) is 4.27. The molecule has 31 heavy (non-hydrogen) atoms. The Morgan fingerprint density at radius 3 is 2.35 bits per heavy atom. The van der Waals surface area contributed by atoms with Crippen molar-refractivity contribution < 1.29 is 19.0 Å². The quantitative estimate of drug-likeness (QED) is 0.790.